The summed E-state index contributed by atoms with van der Waals surface area (Å²) in [5, 5.41) is 0. The third-order valence-corrected chi connectivity index (χ3v) is 9.68. The lowest BCUT2D eigenvalue weighted by molar-refractivity contribution is -0.184. The molecule has 4 aliphatic rings. The SMILES string of the molecule is CCCC1(C)CC2N(C)C(=O)CC[C@]2(C)[C@@H]2CC[C@]3(C)CCC[C@H]3[C@@H]21. The third kappa shape index (κ3) is 2.38. The van der Waals surface area contributed by atoms with Gasteiger partial charge in [-0.15, -0.1) is 0 Å². The fourth-order valence-corrected chi connectivity index (χ4v) is 8.40. The average molecular weight is 346 g/mol. The minimum absolute atomic E-state index is 0.352. The van der Waals surface area contributed by atoms with Crippen LogP contribution in [0, 0.1) is 34.0 Å². The van der Waals surface area contributed by atoms with Crippen LogP contribution in [0.2, 0.25) is 0 Å². The van der Waals surface area contributed by atoms with Crippen LogP contribution in [0.1, 0.15) is 91.9 Å². The van der Waals surface area contributed by atoms with Crippen molar-refractivity contribution in [3.05, 3.63) is 0 Å². The Labute approximate surface area is 155 Å². The van der Waals surface area contributed by atoms with Crippen molar-refractivity contribution in [3.8, 4) is 0 Å². The van der Waals surface area contributed by atoms with E-state index in [1.54, 1.807) is 0 Å². The van der Waals surface area contributed by atoms with Crippen molar-refractivity contribution in [1.29, 1.82) is 0 Å². The maximum atomic E-state index is 12.5. The van der Waals surface area contributed by atoms with Gasteiger partial charge < -0.3 is 4.90 Å². The van der Waals surface area contributed by atoms with Gasteiger partial charge in [-0.3, -0.25) is 4.79 Å². The number of amides is 1. The minimum atomic E-state index is 0.352. The van der Waals surface area contributed by atoms with Gasteiger partial charge in [-0.1, -0.05) is 40.5 Å². The summed E-state index contributed by atoms with van der Waals surface area (Å²) in [6, 6.07) is 0.470. The first-order chi connectivity index (χ1) is 11.8. The number of piperidine rings is 1. The van der Waals surface area contributed by atoms with Crippen LogP contribution in [0.25, 0.3) is 0 Å². The molecule has 3 aliphatic carbocycles. The van der Waals surface area contributed by atoms with E-state index in [-0.39, 0.29) is 0 Å². The second kappa shape index (κ2) is 5.73. The molecule has 4 rings (SSSR count). The fraction of sp³-hybridized carbons (Fsp3) is 0.957. The average Bonchev–Trinajstić information content (AvgIpc) is 2.95. The number of rotatable bonds is 2. The van der Waals surface area contributed by atoms with Crippen LogP contribution >= 0.6 is 0 Å². The Morgan fingerprint density at radius 2 is 1.84 bits per heavy atom. The van der Waals surface area contributed by atoms with Crippen LogP contribution in [0.15, 0.2) is 0 Å². The van der Waals surface area contributed by atoms with Gasteiger partial charge in [0.15, 0.2) is 0 Å². The highest BCUT2D eigenvalue weighted by molar-refractivity contribution is 5.77. The molecule has 1 saturated heterocycles. The highest BCUT2D eigenvalue weighted by Crippen LogP contribution is 2.69. The summed E-state index contributed by atoms with van der Waals surface area (Å²) >= 11 is 0. The van der Waals surface area contributed by atoms with Crippen molar-refractivity contribution in [2.75, 3.05) is 7.05 Å². The molecule has 4 fully saturated rings. The topological polar surface area (TPSA) is 20.3 Å². The molecule has 1 aliphatic heterocycles. The molecule has 0 spiro atoms. The summed E-state index contributed by atoms with van der Waals surface area (Å²) in [5.41, 5.74) is 1.38. The molecule has 0 radical (unpaired) electrons. The second-order valence-electron chi connectivity index (χ2n) is 11.0. The van der Waals surface area contributed by atoms with Crippen LogP contribution < -0.4 is 0 Å². The van der Waals surface area contributed by atoms with Gasteiger partial charge in [-0.25, -0.2) is 0 Å². The minimum Gasteiger partial charge on any atom is -0.342 e. The van der Waals surface area contributed by atoms with Crippen LogP contribution in [0.5, 0.6) is 0 Å². The lowest BCUT2D eigenvalue weighted by atomic mass is 9.41. The molecule has 1 amide bonds. The van der Waals surface area contributed by atoms with Crippen LogP contribution in [0.4, 0.5) is 0 Å². The highest BCUT2D eigenvalue weighted by Gasteiger charge is 2.64. The lowest BCUT2D eigenvalue weighted by Gasteiger charge is -2.67. The molecule has 7 atom stereocenters. The monoisotopic (exact) mass is 345 g/mol. The van der Waals surface area contributed by atoms with E-state index < -0.39 is 0 Å². The van der Waals surface area contributed by atoms with E-state index in [1.807, 2.05) is 0 Å². The van der Waals surface area contributed by atoms with Crippen molar-refractivity contribution in [2.45, 2.75) is 97.9 Å². The summed E-state index contributed by atoms with van der Waals surface area (Å²) in [7, 11) is 2.10. The summed E-state index contributed by atoms with van der Waals surface area (Å²) in [4.78, 5) is 14.6. The Morgan fingerprint density at radius 1 is 1.08 bits per heavy atom. The third-order valence-electron chi connectivity index (χ3n) is 9.68. The first-order valence-electron chi connectivity index (χ1n) is 11.0. The molecule has 0 bridgehead atoms. The van der Waals surface area contributed by atoms with Crippen molar-refractivity contribution in [3.63, 3.8) is 0 Å². The number of hydrogen-bond acceptors (Lipinski definition) is 1. The number of fused-ring (bicyclic) bond motifs is 5. The van der Waals surface area contributed by atoms with Gasteiger partial charge in [-0.05, 0) is 78.9 Å². The molecular weight excluding hydrogens is 306 g/mol. The van der Waals surface area contributed by atoms with Gasteiger partial charge in [0.2, 0.25) is 5.91 Å². The number of carbonyl (C=O) groups is 1. The standard InChI is InChI=1S/C23H39NO/c1-6-11-22(3)15-18-23(4,14-10-19(25)24(18)5)17-9-13-21(2)12-7-8-16(21)20(17)22/h16-18,20H,6-15H2,1-5H3/t16-,17+,18?,20-,21-,22?,23+/m0/s1. The zero-order valence-corrected chi connectivity index (χ0v) is 17.2. The lowest BCUT2D eigenvalue weighted by Crippen LogP contribution is -2.65. The Hall–Kier alpha value is -0.530. The summed E-state index contributed by atoms with van der Waals surface area (Å²) < 4.78 is 0. The van der Waals surface area contributed by atoms with E-state index in [2.05, 4.69) is 39.6 Å². The number of nitrogens with zero attached hydrogens (tertiary/aromatic N) is 1. The van der Waals surface area contributed by atoms with Gasteiger partial charge in [0.25, 0.3) is 0 Å². The summed E-state index contributed by atoms with van der Waals surface area (Å²) in [6.45, 7) is 10.1. The van der Waals surface area contributed by atoms with Gasteiger partial charge in [0, 0.05) is 19.5 Å². The molecule has 25 heavy (non-hydrogen) atoms. The van der Waals surface area contributed by atoms with E-state index in [0.29, 0.717) is 28.2 Å². The Morgan fingerprint density at radius 3 is 2.56 bits per heavy atom. The van der Waals surface area contributed by atoms with Crippen molar-refractivity contribution in [1.82, 2.24) is 4.90 Å². The van der Waals surface area contributed by atoms with Crippen LogP contribution in [0.3, 0.4) is 0 Å². The van der Waals surface area contributed by atoms with Gasteiger partial charge in [0.1, 0.15) is 0 Å². The number of hydrogen-bond donors (Lipinski definition) is 0. The molecule has 1 heterocycles. The number of likely N-dealkylation sites (tertiary alicyclic amines) is 1. The number of carbonyl (C=O) groups excluding carboxylic acids is 1. The Kier molecular flexibility index (Phi) is 4.10. The predicted molar refractivity (Wildman–Crippen MR) is 103 cm³/mol. The molecule has 2 nitrogen and oxygen atoms in total. The smallest absolute Gasteiger partial charge is 0.222 e. The first kappa shape index (κ1) is 17.9. The Balaban J connectivity index is 1.78. The molecular formula is C23H39NO. The highest BCUT2D eigenvalue weighted by atomic mass is 16.2. The van der Waals surface area contributed by atoms with Crippen molar-refractivity contribution in [2.24, 2.45) is 34.0 Å². The molecule has 2 unspecified atom stereocenters. The van der Waals surface area contributed by atoms with E-state index in [0.717, 1.165) is 30.6 Å². The molecule has 0 aromatic heterocycles. The van der Waals surface area contributed by atoms with Gasteiger partial charge >= 0.3 is 0 Å². The largest absolute Gasteiger partial charge is 0.342 e. The quantitative estimate of drug-likeness (QED) is 0.632. The maximum Gasteiger partial charge on any atom is 0.222 e. The second-order valence-corrected chi connectivity index (χ2v) is 11.0. The van der Waals surface area contributed by atoms with Gasteiger partial charge in [0.05, 0.1) is 0 Å². The normalized spacial score (nSPS) is 52.5. The van der Waals surface area contributed by atoms with Crippen molar-refractivity contribution >= 4 is 5.91 Å². The molecule has 0 aromatic rings. The van der Waals surface area contributed by atoms with Crippen LogP contribution in [-0.4, -0.2) is 23.9 Å². The van der Waals surface area contributed by atoms with E-state index in [4.69, 9.17) is 0 Å². The summed E-state index contributed by atoms with van der Waals surface area (Å²) in [5.74, 6) is 3.04. The molecule has 2 heteroatoms. The molecule has 0 aromatic carbocycles. The van der Waals surface area contributed by atoms with Crippen LogP contribution in [-0.2, 0) is 4.79 Å². The molecule has 0 N–H and O–H groups in total. The first-order valence-corrected chi connectivity index (χ1v) is 11.0. The zero-order chi connectivity index (χ0) is 18.0. The maximum absolute atomic E-state index is 12.5. The van der Waals surface area contributed by atoms with E-state index in [1.165, 1.54) is 51.4 Å². The van der Waals surface area contributed by atoms with Gasteiger partial charge in [-0.2, -0.15) is 0 Å². The predicted octanol–water partition coefficient (Wildman–Crippen LogP) is 5.66. The van der Waals surface area contributed by atoms with Crippen molar-refractivity contribution < 1.29 is 4.79 Å². The molecule has 142 valence electrons. The zero-order valence-electron chi connectivity index (χ0n) is 17.2. The molecule has 3 saturated carbocycles. The van der Waals surface area contributed by atoms with E-state index in [9.17, 15) is 4.79 Å². The fourth-order valence-electron chi connectivity index (χ4n) is 8.40. The van der Waals surface area contributed by atoms with E-state index >= 15 is 0 Å². The summed E-state index contributed by atoms with van der Waals surface area (Å²) in [6.07, 6.45) is 13.0. The Bertz CT molecular complexity index is 558.